The minimum absolute atomic E-state index is 0.0125. The van der Waals surface area contributed by atoms with E-state index in [-0.39, 0.29) is 18.7 Å². The molecular formula is C12H17F2NO. The summed E-state index contributed by atoms with van der Waals surface area (Å²) < 4.78 is 25.9. The number of halogens is 2. The van der Waals surface area contributed by atoms with Crippen molar-refractivity contribution < 1.29 is 13.9 Å². The van der Waals surface area contributed by atoms with E-state index in [0.29, 0.717) is 5.56 Å². The first-order chi connectivity index (χ1) is 7.56. The SMILES string of the molecule is CCC(CO)NC(C)c1cc(F)cc(F)c1. The zero-order valence-corrected chi connectivity index (χ0v) is 9.50. The Morgan fingerprint density at radius 2 is 1.81 bits per heavy atom. The van der Waals surface area contributed by atoms with Gasteiger partial charge in [0.05, 0.1) is 6.61 Å². The first-order valence-electron chi connectivity index (χ1n) is 5.39. The highest BCUT2D eigenvalue weighted by Crippen LogP contribution is 2.16. The van der Waals surface area contributed by atoms with E-state index < -0.39 is 11.6 Å². The summed E-state index contributed by atoms with van der Waals surface area (Å²) in [5.41, 5.74) is 0.546. The number of hydrogen-bond acceptors (Lipinski definition) is 2. The molecule has 1 rings (SSSR count). The van der Waals surface area contributed by atoms with Crippen LogP contribution in [0.5, 0.6) is 0 Å². The predicted octanol–water partition coefficient (Wildman–Crippen LogP) is 2.39. The van der Waals surface area contributed by atoms with Gasteiger partial charge >= 0.3 is 0 Å². The molecule has 2 N–H and O–H groups in total. The average Bonchev–Trinajstić information content (AvgIpc) is 2.24. The molecule has 0 heterocycles. The first-order valence-corrected chi connectivity index (χ1v) is 5.39. The van der Waals surface area contributed by atoms with Gasteiger partial charge in [-0.25, -0.2) is 8.78 Å². The molecule has 0 spiro atoms. The van der Waals surface area contributed by atoms with Gasteiger partial charge in [-0.3, -0.25) is 0 Å². The molecular weight excluding hydrogens is 212 g/mol. The van der Waals surface area contributed by atoms with Crippen molar-refractivity contribution in [2.24, 2.45) is 0 Å². The lowest BCUT2D eigenvalue weighted by atomic mass is 10.1. The first kappa shape index (κ1) is 13.1. The fraction of sp³-hybridized carbons (Fsp3) is 0.500. The fourth-order valence-corrected chi connectivity index (χ4v) is 1.57. The van der Waals surface area contributed by atoms with Crippen molar-refractivity contribution >= 4 is 0 Å². The van der Waals surface area contributed by atoms with Crippen LogP contribution in [0.15, 0.2) is 18.2 Å². The maximum Gasteiger partial charge on any atom is 0.126 e. The molecule has 0 aliphatic carbocycles. The second kappa shape index (κ2) is 5.92. The molecule has 0 bridgehead atoms. The van der Waals surface area contributed by atoms with Gasteiger partial charge in [0.2, 0.25) is 0 Å². The highest BCUT2D eigenvalue weighted by molar-refractivity contribution is 5.21. The van der Waals surface area contributed by atoms with Crippen LogP contribution in [0.3, 0.4) is 0 Å². The third-order valence-electron chi connectivity index (χ3n) is 2.58. The van der Waals surface area contributed by atoms with Crippen LogP contribution in [0.2, 0.25) is 0 Å². The van der Waals surface area contributed by atoms with E-state index in [0.717, 1.165) is 12.5 Å². The maximum atomic E-state index is 13.0. The second-order valence-electron chi connectivity index (χ2n) is 3.88. The van der Waals surface area contributed by atoms with E-state index in [1.807, 2.05) is 13.8 Å². The highest BCUT2D eigenvalue weighted by Gasteiger charge is 2.12. The Labute approximate surface area is 94.3 Å². The van der Waals surface area contributed by atoms with Crippen molar-refractivity contribution in [2.75, 3.05) is 6.61 Å². The molecule has 1 aromatic rings. The minimum Gasteiger partial charge on any atom is -0.395 e. The third-order valence-corrected chi connectivity index (χ3v) is 2.58. The number of aliphatic hydroxyl groups is 1. The molecule has 0 aliphatic rings. The highest BCUT2D eigenvalue weighted by atomic mass is 19.1. The quantitative estimate of drug-likeness (QED) is 0.812. The van der Waals surface area contributed by atoms with Gasteiger partial charge in [0.1, 0.15) is 11.6 Å². The summed E-state index contributed by atoms with van der Waals surface area (Å²) in [6, 6.07) is 3.19. The van der Waals surface area contributed by atoms with Crippen LogP contribution in [0, 0.1) is 11.6 Å². The lowest BCUT2D eigenvalue weighted by molar-refractivity contribution is 0.230. The fourth-order valence-electron chi connectivity index (χ4n) is 1.57. The summed E-state index contributed by atoms with van der Waals surface area (Å²) in [6.45, 7) is 3.76. The predicted molar refractivity (Wildman–Crippen MR) is 59.1 cm³/mol. The summed E-state index contributed by atoms with van der Waals surface area (Å²) in [5, 5.41) is 12.1. The zero-order chi connectivity index (χ0) is 12.1. The van der Waals surface area contributed by atoms with E-state index >= 15 is 0 Å². The molecule has 0 amide bonds. The number of benzene rings is 1. The molecule has 0 aliphatic heterocycles. The maximum absolute atomic E-state index is 13.0. The summed E-state index contributed by atoms with van der Waals surface area (Å²) >= 11 is 0. The zero-order valence-electron chi connectivity index (χ0n) is 9.50. The van der Waals surface area contributed by atoms with Crippen molar-refractivity contribution in [1.29, 1.82) is 0 Å². The molecule has 0 saturated heterocycles. The van der Waals surface area contributed by atoms with Crippen molar-refractivity contribution in [2.45, 2.75) is 32.4 Å². The average molecular weight is 229 g/mol. The van der Waals surface area contributed by atoms with Gasteiger partial charge in [0, 0.05) is 18.2 Å². The largest absolute Gasteiger partial charge is 0.395 e. The topological polar surface area (TPSA) is 32.3 Å². The van der Waals surface area contributed by atoms with Gasteiger partial charge in [-0.1, -0.05) is 6.92 Å². The molecule has 0 fully saturated rings. The van der Waals surface area contributed by atoms with E-state index in [1.54, 1.807) is 0 Å². The molecule has 16 heavy (non-hydrogen) atoms. The van der Waals surface area contributed by atoms with Gasteiger partial charge in [-0.2, -0.15) is 0 Å². The van der Waals surface area contributed by atoms with E-state index in [9.17, 15) is 8.78 Å². The van der Waals surface area contributed by atoms with Crippen molar-refractivity contribution in [3.05, 3.63) is 35.4 Å². The Kier molecular flexibility index (Phi) is 4.83. The van der Waals surface area contributed by atoms with Gasteiger partial charge in [-0.05, 0) is 31.0 Å². The molecule has 2 unspecified atom stereocenters. The number of nitrogens with one attached hydrogen (secondary N) is 1. The van der Waals surface area contributed by atoms with Gasteiger partial charge in [-0.15, -0.1) is 0 Å². The van der Waals surface area contributed by atoms with Crippen molar-refractivity contribution in [3.63, 3.8) is 0 Å². The van der Waals surface area contributed by atoms with Crippen molar-refractivity contribution in [1.82, 2.24) is 5.32 Å². The lowest BCUT2D eigenvalue weighted by Crippen LogP contribution is -2.33. The monoisotopic (exact) mass is 229 g/mol. The second-order valence-corrected chi connectivity index (χ2v) is 3.88. The van der Waals surface area contributed by atoms with Crippen molar-refractivity contribution in [3.8, 4) is 0 Å². The summed E-state index contributed by atoms with van der Waals surface area (Å²) in [5.74, 6) is -1.17. The van der Waals surface area contributed by atoms with Crippen LogP contribution < -0.4 is 5.32 Å². The number of rotatable bonds is 5. The molecule has 0 radical (unpaired) electrons. The third kappa shape index (κ3) is 3.54. The normalized spacial score (nSPS) is 14.8. The number of aliphatic hydroxyl groups excluding tert-OH is 1. The van der Waals surface area contributed by atoms with Crippen LogP contribution in [-0.2, 0) is 0 Å². The summed E-state index contributed by atoms with van der Waals surface area (Å²) in [6.07, 6.45) is 0.763. The van der Waals surface area contributed by atoms with Crippen LogP contribution >= 0.6 is 0 Å². The Morgan fingerprint density at radius 1 is 1.25 bits per heavy atom. The Bertz CT molecular complexity index is 320. The smallest absolute Gasteiger partial charge is 0.126 e. The minimum atomic E-state index is -0.583. The molecule has 0 saturated carbocycles. The van der Waals surface area contributed by atoms with Gasteiger partial charge in [0.25, 0.3) is 0 Å². The Balaban J connectivity index is 2.75. The molecule has 4 heteroatoms. The van der Waals surface area contributed by atoms with E-state index in [1.165, 1.54) is 12.1 Å². The van der Waals surface area contributed by atoms with Crippen LogP contribution in [-0.4, -0.2) is 17.8 Å². The van der Waals surface area contributed by atoms with Crippen LogP contribution in [0.1, 0.15) is 31.9 Å². The Hall–Kier alpha value is -1.00. The standard InChI is InChI=1S/C12H17F2NO/c1-3-12(7-16)15-8(2)9-4-10(13)6-11(14)5-9/h4-6,8,12,15-16H,3,7H2,1-2H3. The molecule has 2 nitrogen and oxygen atoms in total. The Morgan fingerprint density at radius 3 is 2.25 bits per heavy atom. The summed E-state index contributed by atoms with van der Waals surface area (Å²) in [7, 11) is 0. The van der Waals surface area contributed by atoms with Crippen LogP contribution in [0.4, 0.5) is 8.78 Å². The van der Waals surface area contributed by atoms with Crippen LogP contribution in [0.25, 0.3) is 0 Å². The van der Waals surface area contributed by atoms with E-state index in [4.69, 9.17) is 5.11 Å². The van der Waals surface area contributed by atoms with Gasteiger partial charge in [0.15, 0.2) is 0 Å². The van der Waals surface area contributed by atoms with Gasteiger partial charge < -0.3 is 10.4 Å². The lowest BCUT2D eigenvalue weighted by Gasteiger charge is -2.20. The molecule has 1 aromatic carbocycles. The molecule has 90 valence electrons. The molecule has 2 atom stereocenters. The summed E-state index contributed by atoms with van der Waals surface area (Å²) in [4.78, 5) is 0. The van der Waals surface area contributed by atoms with E-state index in [2.05, 4.69) is 5.32 Å². The molecule has 0 aromatic heterocycles. The number of hydrogen-bond donors (Lipinski definition) is 2.